The van der Waals surface area contributed by atoms with Crippen LogP contribution in [0.2, 0.25) is 0 Å². The number of benzene rings is 1. The molecule has 1 amide bonds. The van der Waals surface area contributed by atoms with Crippen LogP contribution in [0.15, 0.2) is 53.5 Å². The standard InChI is InChI=1S/C18H20N2O3/c21-17-10-9-15(12-19-17)16-8-4-5-11-20(16)18(22)23-13-14-6-2-1-3-7-14/h1-3,6-7,9-10,12,16H,4-5,8,11,13H2,(H,19,21)/t16-/m0/s1. The van der Waals surface area contributed by atoms with Crippen LogP contribution >= 0.6 is 0 Å². The first kappa shape index (κ1) is 15.3. The van der Waals surface area contributed by atoms with Gasteiger partial charge in [-0.1, -0.05) is 36.4 Å². The molecule has 5 heteroatoms. The van der Waals surface area contributed by atoms with Gasteiger partial charge in [-0.25, -0.2) is 4.79 Å². The number of nitrogens with zero attached hydrogens (tertiary/aromatic N) is 1. The number of aromatic amines is 1. The molecule has 1 aromatic carbocycles. The lowest BCUT2D eigenvalue weighted by Crippen LogP contribution is -2.39. The van der Waals surface area contributed by atoms with Gasteiger partial charge in [-0.3, -0.25) is 4.79 Å². The lowest BCUT2D eigenvalue weighted by Gasteiger charge is -2.35. The third-order valence-corrected chi connectivity index (χ3v) is 4.14. The van der Waals surface area contributed by atoms with E-state index in [-0.39, 0.29) is 24.3 Å². The Labute approximate surface area is 134 Å². The molecule has 1 saturated heterocycles. The highest BCUT2D eigenvalue weighted by Crippen LogP contribution is 2.30. The van der Waals surface area contributed by atoms with E-state index < -0.39 is 0 Å². The van der Waals surface area contributed by atoms with Gasteiger partial charge in [-0.2, -0.15) is 0 Å². The molecule has 2 heterocycles. The van der Waals surface area contributed by atoms with Crippen molar-refractivity contribution >= 4 is 6.09 Å². The number of ether oxygens (including phenoxy) is 1. The predicted molar refractivity (Wildman–Crippen MR) is 87.0 cm³/mol. The number of aromatic nitrogens is 1. The number of nitrogens with one attached hydrogen (secondary N) is 1. The Kier molecular flexibility index (Phi) is 4.76. The van der Waals surface area contributed by atoms with Crippen LogP contribution in [0, 0.1) is 0 Å². The zero-order valence-electron chi connectivity index (χ0n) is 12.9. The Morgan fingerprint density at radius 2 is 2.00 bits per heavy atom. The summed E-state index contributed by atoms with van der Waals surface area (Å²) in [5, 5.41) is 0. The van der Waals surface area contributed by atoms with E-state index in [2.05, 4.69) is 4.98 Å². The largest absolute Gasteiger partial charge is 0.445 e. The van der Waals surface area contributed by atoms with Crippen molar-refractivity contribution in [1.82, 2.24) is 9.88 Å². The van der Waals surface area contributed by atoms with Gasteiger partial charge in [-0.15, -0.1) is 0 Å². The number of amides is 1. The maximum absolute atomic E-state index is 12.5. The van der Waals surface area contributed by atoms with Crippen molar-refractivity contribution in [3.63, 3.8) is 0 Å². The summed E-state index contributed by atoms with van der Waals surface area (Å²) in [7, 11) is 0. The van der Waals surface area contributed by atoms with Crippen molar-refractivity contribution in [3.05, 3.63) is 70.1 Å². The van der Waals surface area contributed by atoms with Gasteiger partial charge in [0, 0.05) is 18.8 Å². The van der Waals surface area contributed by atoms with Crippen LogP contribution in [0.1, 0.15) is 36.4 Å². The summed E-state index contributed by atoms with van der Waals surface area (Å²) >= 11 is 0. The molecule has 1 fully saturated rings. The van der Waals surface area contributed by atoms with Crippen LogP contribution in [0.25, 0.3) is 0 Å². The maximum Gasteiger partial charge on any atom is 0.410 e. The molecule has 5 nitrogen and oxygen atoms in total. The first-order valence-electron chi connectivity index (χ1n) is 7.90. The van der Waals surface area contributed by atoms with Crippen molar-refractivity contribution in [2.45, 2.75) is 31.9 Å². The van der Waals surface area contributed by atoms with Gasteiger partial charge in [0.1, 0.15) is 6.61 Å². The number of carbonyl (C=O) groups is 1. The highest BCUT2D eigenvalue weighted by Gasteiger charge is 2.29. The molecule has 1 atom stereocenters. The summed E-state index contributed by atoms with van der Waals surface area (Å²) in [6, 6.07) is 12.9. The molecule has 1 aliphatic rings. The van der Waals surface area contributed by atoms with Gasteiger partial charge < -0.3 is 14.6 Å². The fourth-order valence-electron chi connectivity index (χ4n) is 2.93. The van der Waals surface area contributed by atoms with E-state index in [0.717, 1.165) is 30.4 Å². The minimum atomic E-state index is -0.301. The fourth-order valence-corrected chi connectivity index (χ4v) is 2.93. The molecule has 0 unspecified atom stereocenters. The predicted octanol–water partition coefficient (Wildman–Crippen LogP) is 3.24. The van der Waals surface area contributed by atoms with E-state index in [1.54, 1.807) is 17.2 Å². The number of hydrogen-bond acceptors (Lipinski definition) is 3. The van der Waals surface area contributed by atoms with Crippen molar-refractivity contribution in [2.75, 3.05) is 6.54 Å². The number of pyridine rings is 1. The molecule has 120 valence electrons. The van der Waals surface area contributed by atoms with Gasteiger partial charge in [0.2, 0.25) is 5.56 Å². The summed E-state index contributed by atoms with van der Waals surface area (Å²) in [5.74, 6) is 0. The van der Waals surface area contributed by atoms with E-state index in [1.807, 2.05) is 30.3 Å². The summed E-state index contributed by atoms with van der Waals surface area (Å²) in [4.78, 5) is 28.1. The number of likely N-dealkylation sites (tertiary alicyclic amines) is 1. The highest BCUT2D eigenvalue weighted by atomic mass is 16.6. The van der Waals surface area contributed by atoms with Crippen molar-refractivity contribution in [1.29, 1.82) is 0 Å². The Morgan fingerprint density at radius 1 is 1.17 bits per heavy atom. The van der Waals surface area contributed by atoms with Gasteiger partial charge >= 0.3 is 6.09 Å². The lowest BCUT2D eigenvalue weighted by molar-refractivity contribution is 0.0678. The second kappa shape index (κ2) is 7.13. The van der Waals surface area contributed by atoms with Crippen LogP contribution in [0.4, 0.5) is 4.79 Å². The number of piperidine rings is 1. The SMILES string of the molecule is O=C(OCc1ccccc1)N1CCCC[C@H]1c1ccc(=O)[nH]c1. The van der Waals surface area contributed by atoms with Crippen LogP contribution in [-0.2, 0) is 11.3 Å². The monoisotopic (exact) mass is 312 g/mol. The quantitative estimate of drug-likeness (QED) is 0.946. The number of carbonyl (C=O) groups excluding carboxylic acids is 1. The summed E-state index contributed by atoms with van der Waals surface area (Å²) in [6.07, 6.45) is 4.30. The molecular formula is C18H20N2O3. The molecule has 2 aromatic rings. The van der Waals surface area contributed by atoms with Gasteiger partial charge in [0.25, 0.3) is 0 Å². The maximum atomic E-state index is 12.5. The normalized spacial score (nSPS) is 17.7. The topological polar surface area (TPSA) is 62.4 Å². The van der Waals surface area contributed by atoms with E-state index >= 15 is 0 Å². The van der Waals surface area contributed by atoms with Crippen molar-refractivity contribution in [2.24, 2.45) is 0 Å². The third kappa shape index (κ3) is 3.80. The summed E-state index contributed by atoms with van der Waals surface area (Å²) in [5.41, 5.74) is 1.78. The first-order valence-corrected chi connectivity index (χ1v) is 7.90. The second-order valence-electron chi connectivity index (χ2n) is 5.73. The summed E-state index contributed by atoms with van der Waals surface area (Å²) < 4.78 is 5.46. The number of H-pyrrole nitrogens is 1. The van der Waals surface area contributed by atoms with E-state index in [0.29, 0.717) is 6.54 Å². The van der Waals surface area contributed by atoms with Crippen molar-refractivity contribution < 1.29 is 9.53 Å². The molecule has 0 spiro atoms. The molecule has 1 aromatic heterocycles. The first-order chi connectivity index (χ1) is 11.2. The van der Waals surface area contributed by atoms with Crippen molar-refractivity contribution in [3.8, 4) is 0 Å². The highest BCUT2D eigenvalue weighted by molar-refractivity contribution is 5.68. The smallest absolute Gasteiger partial charge is 0.410 e. The Hall–Kier alpha value is -2.56. The van der Waals surface area contributed by atoms with Crippen LogP contribution in [0.5, 0.6) is 0 Å². The molecule has 23 heavy (non-hydrogen) atoms. The van der Waals surface area contributed by atoms with Gasteiger partial charge in [-0.05, 0) is 30.4 Å². The average Bonchev–Trinajstić information content (AvgIpc) is 2.61. The van der Waals surface area contributed by atoms with E-state index in [4.69, 9.17) is 4.74 Å². The molecule has 3 rings (SSSR count). The fraction of sp³-hybridized carbons (Fsp3) is 0.333. The van der Waals surface area contributed by atoms with E-state index in [9.17, 15) is 9.59 Å². The average molecular weight is 312 g/mol. The Bertz CT molecular complexity index is 691. The zero-order valence-corrected chi connectivity index (χ0v) is 12.9. The minimum Gasteiger partial charge on any atom is -0.445 e. The number of hydrogen-bond donors (Lipinski definition) is 1. The number of rotatable bonds is 3. The molecule has 1 N–H and O–H groups in total. The van der Waals surface area contributed by atoms with Gasteiger partial charge in [0.15, 0.2) is 0 Å². The molecule has 0 aliphatic carbocycles. The summed E-state index contributed by atoms with van der Waals surface area (Å²) in [6.45, 7) is 0.950. The zero-order chi connectivity index (χ0) is 16.1. The molecule has 0 bridgehead atoms. The Morgan fingerprint density at radius 3 is 2.74 bits per heavy atom. The van der Waals surface area contributed by atoms with Crippen LogP contribution < -0.4 is 5.56 Å². The molecule has 0 saturated carbocycles. The third-order valence-electron chi connectivity index (χ3n) is 4.14. The van der Waals surface area contributed by atoms with Gasteiger partial charge in [0.05, 0.1) is 6.04 Å². The lowest BCUT2D eigenvalue weighted by atomic mass is 9.97. The second-order valence-corrected chi connectivity index (χ2v) is 5.73. The Balaban J connectivity index is 1.69. The van der Waals surface area contributed by atoms with Crippen LogP contribution in [0.3, 0.4) is 0 Å². The minimum absolute atomic E-state index is 0.0381. The molecule has 0 radical (unpaired) electrons. The molecule has 1 aliphatic heterocycles. The van der Waals surface area contributed by atoms with Crippen LogP contribution in [-0.4, -0.2) is 22.5 Å². The molecular weight excluding hydrogens is 292 g/mol. The van der Waals surface area contributed by atoms with E-state index in [1.165, 1.54) is 6.07 Å².